The van der Waals surface area contributed by atoms with E-state index in [2.05, 4.69) is 4.98 Å². The summed E-state index contributed by atoms with van der Waals surface area (Å²) in [6.45, 7) is 1.93. The highest BCUT2D eigenvalue weighted by Crippen LogP contribution is 2.23. The van der Waals surface area contributed by atoms with Crippen LogP contribution in [0.25, 0.3) is 26.0 Å². The van der Waals surface area contributed by atoms with Crippen LogP contribution in [-0.2, 0) is 6.42 Å². The van der Waals surface area contributed by atoms with Crippen LogP contribution in [0.2, 0.25) is 5.02 Å². The summed E-state index contributed by atoms with van der Waals surface area (Å²) in [5.74, 6) is 0.616. The summed E-state index contributed by atoms with van der Waals surface area (Å²) in [4.78, 5) is 31.1. The standard InChI is InChI=1S/C19H13ClN2O2S/c1-2-15-21-18-16(17(23)13-5-3-4-6-14(13)25-18)19(24)22(15)12-9-7-11(20)8-10-12/h3-10H,2H2,1H3. The maximum Gasteiger partial charge on any atom is 0.270 e. The van der Waals surface area contributed by atoms with Crippen molar-refractivity contribution < 1.29 is 0 Å². The quantitative estimate of drug-likeness (QED) is 0.499. The van der Waals surface area contributed by atoms with E-state index in [-0.39, 0.29) is 16.4 Å². The lowest BCUT2D eigenvalue weighted by molar-refractivity contribution is 0.835. The molecular formula is C19H13ClN2O2S. The average Bonchev–Trinajstić information content (AvgIpc) is 2.62. The highest BCUT2D eigenvalue weighted by atomic mass is 35.5. The Kier molecular flexibility index (Phi) is 3.90. The summed E-state index contributed by atoms with van der Waals surface area (Å²) in [5, 5.41) is 1.27. The van der Waals surface area contributed by atoms with E-state index in [1.54, 1.807) is 36.4 Å². The first-order valence-corrected chi connectivity index (χ1v) is 9.03. The smallest absolute Gasteiger partial charge is 0.270 e. The molecule has 2 aromatic heterocycles. The summed E-state index contributed by atoms with van der Waals surface area (Å²) in [7, 11) is 0. The molecule has 4 aromatic rings. The van der Waals surface area contributed by atoms with Crippen molar-refractivity contribution in [3.05, 3.63) is 80.0 Å². The minimum atomic E-state index is -0.337. The summed E-state index contributed by atoms with van der Waals surface area (Å²) in [6.07, 6.45) is 0.571. The van der Waals surface area contributed by atoms with Crippen molar-refractivity contribution in [2.24, 2.45) is 0 Å². The SMILES string of the molecule is CCc1nc2sc3ccccc3c(=O)c2c(=O)n1-c1ccc(Cl)cc1. The van der Waals surface area contributed by atoms with Gasteiger partial charge in [0.1, 0.15) is 16.0 Å². The molecule has 0 atom stereocenters. The van der Waals surface area contributed by atoms with Crippen molar-refractivity contribution in [1.82, 2.24) is 9.55 Å². The summed E-state index contributed by atoms with van der Waals surface area (Å²) < 4.78 is 2.33. The topological polar surface area (TPSA) is 52.0 Å². The molecule has 0 aliphatic rings. The van der Waals surface area contributed by atoms with Gasteiger partial charge in [-0.15, -0.1) is 11.3 Å². The molecule has 0 saturated heterocycles. The van der Waals surface area contributed by atoms with Crippen LogP contribution in [0.5, 0.6) is 0 Å². The Balaban J connectivity index is 2.17. The van der Waals surface area contributed by atoms with E-state index in [1.165, 1.54) is 15.9 Å². The van der Waals surface area contributed by atoms with Crippen LogP contribution >= 0.6 is 22.9 Å². The van der Waals surface area contributed by atoms with E-state index in [9.17, 15) is 9.59 Å². The molecule has 0 saturated carbocycles. The summed E-state index contributed by atoms with van der Waals surface area (Å²) in [5.41, 5.74) is 0.0431. The zero-order valence-corrected chi connectivity index (χ0v) is 14.9. The largest absolute Gasteiger partial charge is 0.288 e. The van der Waals surface area contributed by atoms with Crippen LogP contribution in [-0.4, -0.2) is 9.55 Å². The zero-order valence-electron chi connectivity index (χ0n) is 13.3. The molecule has 0 amide bonds. The molecule has 25 heavy (non-hydrogen) atoms. The highest BCUT2D eigenvalue weighted by Gasteiger charge is 2.16. The van der Waals surface area contributed by atoms with Crippen LogP contribution in [0.15, 0.2) is 58.1 Å². The first-order valence-electron chi connectivity index (χ1n) is 7.83. The normalized spacial score (nSPS) is 11.3. The van der Waals surface area contributed by atoms with Gasteiger partial charge in [-0.05, 0) is 36.4 Å². The predicted octanol–water partition coefficient (Wildman–Crippen LogP) is 4.18. The first kappa shape index (κ1) is 16.0. The van der Waals surface area contributed by atoms with Crippen LogP contribution in [0.3, 0.4) is 0 Å². The minimum absolute atomic E-state index is 0.135. The fraction of sp³-hybridized carbons (Fsp3) is 0.105. The fourth-order valence-electron chi connectivity index (χ4n) is 2.89. The number of hydrogen-bond acceptors (Lipinski definition) is 4. The molecule has 0 unspecified atom stereocenters. The Hall–Kier alpha value is -2.50. The molecule has 0 fully saturated rings. The molecule has 0 spiro atoms. The van der Waals surface area contributed by atoms with E-state index in [0.717, 1.165) is 4.70 Å². The van der Waals surface area contributed by atoms with E-state index < -0.39 is 0 Å². The summed E-state index contributed by atoms with van der Waals surface area (Å²) >= 11 is 7.32. The van der Waals surface area contributed by atoms with Gasteiger partial charge in [0.15, 0.2) is 0 Å². The van der Waals surface area contributed by atoms with Gasteiger partial charge in [-0.2, -0.15) is 0 Å². The monoisotopic (exact) mass is 368 g/mol. The second-order valence-corrected chi connectivity index (χ2v) is 7.07. The number of hydrogen-bond donors (Lipinski definition) is 0. The third-order valence-electron chi connectivity index (χ3n) is 4.09. The third-order valence-corrected chi connectivity index (χ3v) is 5.40. The molecule has 0 bridgehead atoms. The Labute approximate surface area is 152 Å². The molecule has 6 heteroatoms. The fourth-order valence-corrected chi connectivity index (χ4v) is 4.07. The third kappa shape index (κ3) is 2.56. The van der Waals surface area contributed by atoms with Gasteiger partial charge in [0.2, 0.25) is 5.43 Å². The van der Waals surface area contributed by atoms with E-state index in [1.807, 2.05) is 19.1 Å². The first-order chi connectivity index (χ1) is 12.1. The number of fused-ring (bicyclic) bond motifs is 2. The lowest BCUT2D eigenvalue weighted by Crippen LogP contribution is -2.27. The van der Waals surface area contributed by atoms with E-state index >= 15 is 0 Å². The Morgan fingerprint density at radius 3 is 2.52 bits per heavy atom. The van der Waals surface area contributed by atoms with Crippen LogP contribution in [0, 0.1) is 0 Å². The Morgan fingerprint density at radius 2 is 1.80 bits per heavy atom. The van der Waals surface area contributed by atoms with Crippen molar-refractivity contribution in [2.45, 2.75) is 13.3 Å². The second-order valence-electron chi connectivity index (χ2n) is 5.61. The molecule has 0 radical (unpaired) electrons. The molecule has 0 aliphatic carbocycles. The molecule has 4 nitrogen and oxygen atoms in total. The average molecular weight is 369 g/mol. The van der Waals surface area contributed by atoms with Gasteiger partial charge in [0.05, 0.1) is 5.69 Å². The Morgan fingerprint density at radius 1 is 1.08 bits per heavy atom. The van der Waals surface area contributed by atoms with Crippen LogP contribution in [0.4, 0.5) is 0 Å². The molecular weight excluding hydrogens is 356 g/mol. The van der Waals surface area contributed by atoms with Gasteiger partial charge in [-0.3, -0.25) is 14.2 Å². The lowest BCUT2D eigenvalue weighted by atomic mass is 10.2. The number of rotatable bonds is 2. The molecule has 0 aliphatic heterocycles. The summed E-state index contributed by atoms with van der Waals surface area (Å²) in [6, 6.07) is 14.2. The van der Waals surface area contributed by atoms with Gasteiger partial charge in [-0.25, -0.2) is 4.98 Å². The maximum absolute atomic E-state index is 13.2. The zero-order chi connectivity index (χ0) is 17.6. The van der Waals surface area contributed by atoms with Crippen molar-refractivity contribution in [1.29, 1.82) is 0 Å². The number of aromatic nitrogens is 2. The van der Waals surface area contributed by atoms with Gasteiger partial charge < -0.3 is 0 Å². The Bertz CT molecular complexity index is 1230. The number of benzene rings is 2. The molecule has 2 heterocycles. The van der Waals surface area contributed by atoms with Gasteiger partial charge >= 0.3 is 0 Å². The molecule has 0 N–H and O–H groups in total. The van der Waals surface area contributed by atoms with Crippen molar-refractivity contribution in [3.63, 3.8) is 0 Å². The van der Waals surface area contributed by atoms with Crippen LogP contribution in [0.1, 0.15) is 12.7 Å². The second kappa shape index (κ2) is 6.10. The van der Waals surface area contributed by atoms with Gasteiger partial charge in [-0.1, -0.05) is 30.7 Å². The highest BCUT2D eigenvalue weighted by molar-refractivity contribution is 7.24. The van der Waals surface area contributed by atoms with Gasteiger partial charge in [0.25, 0.3) is 5.56 Å². The number of nitrogens with zero attached hydrogens (tertiary/aromatic N) is 2. The molecule has 2 aromatic carbocycles. The van der Waals surface area contributed by atoms with E-state index in [0.29, 0.717) is 33.2 Å². The number of halogens is 1. The predicted molar refractivity (Wildman–Crippen MR) is 103 cm³/mol. The van der Waals surface area contributed by atoms with Crippen molar-refractivity contribution >= 4 is 43.2 Å². The minimum Gasteiger partial charge on any atom is -0.288 e. The number of aryl methyl sites for hydroxylation is 1. The van der Waals surface area contributed by atoms with E-state index in [4.69, 9.17) is 11.6 Å². The van der Waals surface area contributed by atoms with Crippen LogP contribution < -0.4 is 11.0 Å². The molecule has 124 valence electrons. The van der Waals surface area contributed by atoms with Gasteiger partial charge in [0, 0.05) is 21.5 Å². The lowest BCUT2D eigenvalue weighted by Gasteiger charge is -2.12. The maximum atomic E-state index is 13.2. The van der Waals surface area contributed by atoms with Crippen molar-refractivity contribution in [2.75, 3.05) is 0 Å². The molecule has 4 rings (SSSR count). The van der Waals surface area contributed by atoms with Crippen molar-refractivity contribution in [3.8, 4) is 5.69 Å².